The van der Waals surface area contributed by atoms with Gasteiger partial charge in [0.2, 0.25) is 0 Å². The first-order chi connectivity index (χ1) is 8.93. The van der Waals surface area contributed by atoms with Crippen molar-refractivity contribution >= 4 is 17.9 Å². The fourth-order valence-corrected chi connectivity index (χ4v) is 3.92. The van der Waals surface area contributed by atoms with Crippen molar-refractivity contribution in [3.63, 3.8) is 0 Å². The lowest BCUT2D eigenvalue weighted by atomic mass is 9.57. The maximum absolute atomic E-state index is 11.4. The Bertz CT molecular complexity index is 404. The number of aliphatic carboxylic acids is 3. The third kappa shape index (κ3) is 2.43. The Balaban J connectivity index is 2.35. The zero-order chi connectivity index (χ0) is 14.2. The van der Waals surface area contributed by atoms with E-state index in [-0.39, 0.29) is 18.3 Å². The molecule has 0 radical (unpaired) electrons. The van der Waals surface area contributed by atoms with E-state index in [4.69, 9.17) is 0 Å². The Labute approximate surface area is 110 Å². The maximum atomic E-state index is 11.4. The highest BCUT2D eigenvalue weighted by molar-refractivity contribution is 5.82. The standard InChI is InChI=1S/C13H18O6/c14-11(15)8-5-9(12(16)17)10(13(18)19)7-4-2-1-3-6(7)8/h6-10H,1-5H2,(H,14,15)(H,16,17)(H,18,19). The monoisotopic (exact) mass is 270 g/mol. The summed E-state index contributed by atoms with van der Waals surface area (Å²) in [7, 11) is 0. The van der Waals surface area contributed by atoms with Gasteiger partial charge in [0.25, 0.3) is 0 Å². The number of rotatable bonds is 3. The summed E-state index contributed by atoms with van der Waals surface area (Å²) in [6, 6.07) is 0. The van der Waals surface area contributed by atoms with Crippen LogP contribution >= 0.6 is 0 Å². The van der Waals surface area contributed by atoms with Crippen LogP contribution in [-0.2, 0) is 14.4 Å². The summed E-state index contributed by atoms with van der Waals surface area (Å²) in [5.41, 5.74) is 0. The number of carboxylic acids is 3. The minimum Gasteiger partial charge on any atom is -0.481 e. The molecule has 3 N–H and O–H groups in total. The first-order valence-corrected chi connectivity index (χ1v) is 6.62. The second-order valence-corrected chi connectivity index (χ2v) is 5.60. The Kier molecular flexibility index (Phi) is 3.78. The lowest BCUT2D eigenvalue weighted by molar-refractivity contribution is -0.169. The number of carboxylic acid groups (broad SMARTS) is 3. The van der Waals surface area contributed by atoms with Gasteiger partial charge in [0.05, 0.1) is 17.8 Å². The number of fused-ring (bicyclic) bond motifs is 1. The summed E-state index contributed by atoms with van der Waals surface area (Å²) in [5, 5.41) is 27.8. The van der Waals surface area contributed by atoms with E-state index >= 15 is 0 Å². The molecule has 0 aromatic carbocycles. The lowest BCUT2D eigenvalue weighted by Crippen LogP contribution is -2.49. The zero-order valence-corrected chi connectivity index (χ0v) is 10.5. The van der Waals surface area contributed by atoms with E-state index in [1.807, 2.05) is 0 Å². The second-order valence-electron chi connectivity index (χ2n) is 5.60. The first-order valence-electron chi connectivity index (χ1n) is 6.62. The molecule has 5 unspecified atom stereocenters. The van der Waals surface area contributed by atoms with E-state index in [0.29, 0.717) is 12.8 Å². The summed E-state index contributed by atoms with van der Waals surface area (Å²) >= 11 is 0. The molecule has 2 saturated carbocycles. The van der Waals surface area contributed by atoms with Gasteiger partial charge in [0.1, 0.15) is 0 Å². The van der Waals surface area contributed by atoms with Crippen molar-refractivity contribution in [2.45, 2.75) is 32.1 Å². The van der Waals surface area contributed by atoms with Gasteiger partial charge in [-0.25, -0.2) is 0 Å². The lowest BCUT2D eigenvalue weighted by Gasteiger charge is -2.45. The molecule has 0 saturated heterocycles. The summed E-state index contributed by atoms with van der Waals surface area (Å²) in [6.45, 7) is 0. The van der Waals surface area contributed by atoms with E-state index in [0.717, 1.165) is 12.8 Å². The second kappa shape index (κ2) is 5.19. The number of carbonyl (C=O) groups is 3. The summed E-state index contributed by atoms with van der Waals surface area (Å²) in [5.74, 6) is -6.55. The molecule has 5 atom stereocenters. The van der Waals surface area contributed by atoms with Gasteiger partial charge in [-0.05, 0) is 31.1 Å². The first kappa shape index (κ1) is 13.8. The highest BCUT2D eigenvalue weighted by Gasteiger charge is 2.52. The zero-order valence-electron chi connectivity index (χ0n) is 10.5. The van der Waals surface area contributed by atoms with Crippen LogP contribution in [0.15, 0.2) is 0 Å². The average molecular weight is 270 g/mol. The fourth-order valence-electron chi connectivity index (χ4n) is 3.92. The molecular weight excluding hydrogens is 252 g/mol. The quantitative estimate of drug-likeness (QED) is 0.712. The van der Waals surface area contributed by atoms with Crippen LogP contribution in [-0.4, -0.2) is 33.2 Å². The van der Waals surface area contributed by atoms with Crippen LogP contribution < -0.4 is 0 Å². The molecule has 0 amide bonds. The molecule has 2 fully saturated rings. The van der Waals surface area contributed by atoms with Crippen LogP contribution in [0.3, 0.4) is 0 Å². The molecule has 0 heterocycles. The van der Waals surface area contributed by atoms with E-state index in [1.165, 1.54) is 0 Å². The highest BCUT2D eigenvalue weighted by Crippen LogP contribution is 2.49. The van der Waals surface area contributed by atoms with E-state index in [1.54, 1.807) is 0 Å². The largest absolute Gasteiger partial charge is 0.481 e. The van der Waals surface area contributed by atoms with Gasteiger partial charge < -0.3 is 15.3 Å². The molecule has 2 aliphatic carbocycles. The molecule has 0 aliphatic heterocycles. The van der Waals surface area contributed by atoms with Gasteiger partial charge in [-0.1, -0.05) is 12.8 Å². The number of hydrogen-bond donors (Lipinski definition) is 3. The van der Waals surface area contributed by atoms with Crippen LogP contribution in [0.4, 0.5) is 0 Å². The van der Waals surface area contributed by atoms with Gasteiger partial charge in [0, 0.05) is 0 Å². The third-order valence-electron chi connectivity index (χ3n) is 4.71. The van der Waals surface area contributed by atoms with Crippen molar-refractivity contribution in [3.8, 4) is 0 Å². The maximum Gasteiger partial charge on any atom is 0.307 e. The van der Waals surface area contributed by atoms with Crippen molar-refractivity contribution in [1.29, 1.82) is 0 Å². The molecule has 0 aromatic heterocycles. The highest BCUT2D eigenvalue weighted by atomic mass is 16.4. The average Bonchev–Trinajstić information content (AvgIpc) is 2.35. The summed E-state index contributed by atoms with van der Waals surface area (Å²) < 4.78 is 0. The fraction of sp³-hybridized carbons (Fsp3) is 0.769. The topological polar surface area (TPSA) is 112 Å². The SMILES string of the molecule is O=C(O)C1CC(C(=O)O)C(C(=O)O)C2CCCCC12. The van der Waals surface area contributed by atoms with Gasteiger partial charge in [-0.3, -0.25) is 14.4 Å². The van der Waals surface area contributed by atoms with Crippen LogP contribution in [0, 0.1) is 29.6 Å². The molecule has 2 rings (SSSR count). The van der Waals surface area contributed by atoms with Crippen molar-refractivity contribution in [1.82, 2.24) is 0 Å². The van der Waals surface area contributed by atoms with Crippen LogP contribution in [0.5, 0.6) is 0 Å². The van der Waals surface area contributed by atoms with Crippen molar-refractivity contribution in [2.24, 2.45) is 29.6 Å². The normalized spacial score (nSPS) is 38.2. The smallest absolute Gasteiger partial charge is 0.307 e. The molecule has 2 aliphatic rings. The summed E-state index contributed by atoms with van der Waals surface area (Å²) in [4.78, 5) is 34.0. The molecule has 6 heteroatoms. The Morgan fingerprint density at radius 3 is 1.74 bits per heavy atom. The molecular formula is C13H18O6. The van der Waals surface area contributed by atoms with Crippen LogP contribution in [0.2, 0.25) is 0 Å². The molecule has 0 aromatic rings. The van der Waals surface area contributed by atoms with Crippen molar-refractivity contribution < 1.29 is 29.7 Å². The van der Waals surface area contributed by atoms with E-state index < -0.39 is 35.7 Å². The summed E-state index contributed by atoms with van der Waals surface area (Å²) in [6.07, 6.45) is 2.99. The minimum absolute atomic E-state index is 0.0667. The molecule has 6 nitrogen and oxygen atoms in total. The van der Waals surface area contributed by atoms with Gasteiger partial charge in [-0.15, -0.1) is 0 Å². The van der Waals surface area contributed by atoms with Gasteiger partial charge >= 0.3 is 17.9 Å². The molecule has 0 spiro atoms. The predicted molar refractivity (Wildman–Crippen MR) is 63.4 cm³/mol. The Morgan fingerprint density at radius 1 is 0.737 bits per heavy atom. The molecule has 19 heavy (non-hydrogen) atoms. The van der Waals surface area contributed by atoms with Gasteiger partial charge in [-0.2, -0.15) is 0 Å². The van der Waals surface area contributed by atoms with Gasteiger partial charge in [0.15, 0.2) is 0 Å². The van der Waals surface area contributed by atoms with Crippen molar-refractivity contribution in [3.05, 3.63) is 0 Å². The van der Waals surface area contributed by atoms with E-state index in [2.05, 4.69) is 0 Å². The van der Waals surface area contributed by atoms with Crippen molar-refractivity contribution in [2.75, 3.05) is 0 Å². The molecule has 106 valence electrons. The third-order valence-corrected chi connectivity index (χ3v) is 4.71. The van der Waals surface area contributed by atoms with Crippen LogP contribution in [0.25, 0.3) is 0 Å². The minimum atomic E-state index is -1.19. The van der Waals surface area contributed by atoms with E-state index in [9.17, 15) is 29.7 Å². The Hall–Kier alpha value is -1.59. The molecule has 0 bridgehead atoms. The Morgan fingerprint density at radius 2 is 1.26 bits per heavy atom. The number of hydrogen-bond acceptors (Lipinski definition) is 3. The van der Waals surface area contributed by atoms with Crippen LogP contribution in [0.1, 0.15) is 32.1 Å². The predicted octanol–water partition coefficient (Wildman–Crippen LogP) is 1.30.